The Morgan fingerprint density at radius 1 is 1.19 bits per heavy atom. The number of amides is 1. The summed E-state index contributed by atoms with van der Waals surface area (Å²) in [6.07, 6.45) is 7.12. The number of hydrogen-bond acceptors (Lipinski definition) is 3. The van der Waals surface area contributed by atoms with Crippen LogP contribution in [-0.2, 0) is 4.79 Å². The molecule has 1 saturated carbocycles. The number of fused-ring (bicyclic) bond motifs is 1. The minimum absolute atomic E-state index is 0.0000803. The average Bonchev–Trinajstić information content (AvgIpc) is 2.67. The van der Waals surface area contributed by atoms with Gasteiger partial charge in [-0.2, -0.15) is 5.26 Å². The lowest BCUT2D eigenvalue weighted by Gasteiger charge is -2.22. The molecular weight excluding hydrogens is 336 g/mol. The van der Waals surface area contributed by atoms with Gasteiger partial charge in [0.25, 0.3) is 5.91 Å². The Morgan fingerprint density at radius 3 is 2.63 bits per heavy atom. The molecule has 4 nitrogen and oxygen atoms in total. The molecule has 0 unspecified atom stereocenters. The number of nitrogens with zero attached hydrogens (tertiary/aromatic N) is 1. The van der Waals surface area contributed by atoms with Gasteiger partial charge in [0, 0.05) is 11.6 Å². The Kier molecular flexibility index (Phi) is 6.13. The maximum atomic E-state index is 12.7. The molecule has 0 aliphatic heterocycles. The van der Waals surface area contributed by atoms with Crippen LogP contribution in [0.2, 0.25) is 0 Å². The maximum Gasteiger partial charge on any atom is 0.262 e. The first kappa shape index (κ1) is 19.0. The van der Waals surface area contributed by atoms with Gasteiger partial charge >= 0.3 is 0 Å². The van der Waals surface area contributed by atoms with Crippen LogP contribution in [0.3, 0.4) is 0 Å². The van der Waals surface area contributed by atoms with E-state index < -0.39 is 0 Å². The van der Waals surface area contributed by atoms with Crippen molar-refractivity contribution in [2.24, 2.45) is 0 Å². The number of rotatable bonds is 5. The molecule has 3 rings (SSSR count). The van der Waals surface area contributed by atoms with Crippen molar-refractivity contribution in [3.05, 3.63) is 47.5 Å². The largest absolute Gasteiger partial charge is 0.490 e. The molecule has 27 heavy (non-hydrogen) atoms. The Hall–Kier alpha value is -2.80. The van der Waals surface area contributed by atoms with Gasteiger partial charge in [-0.25, -0.2) is 0 Å². The van der Waals surface area contributed by atoms with E-state index in [0.29, 0.717) is 5.75 Å². The van der Waals surface area contributed by atoms with Crippen LogP contribution >= 0.6 is 0 Å². The first-order valence-electron chi connectivity index (χ1n) is 9.69. The van der Waals surface area contributed by atoms with Crippen molar-refractivity contribution in [2.75, 3.05) is 0 Å². The minimum Gasteiger partial charge on any atom is -0.490 e. The molecule has 4 heteroatoms. The molecule has 0 atom stereocenters. The highest BCUT2D eigenvalue weighted by Crippen LogP contribution is 2.31. The Bertz CT molecular complexity index is 887. The van der Waals surface area contributed by atoms with Gasteiger partial charge in [-0.3, -0.25) is 4.79 Å². The topological polar surface area (TPSA) is 62.1 Å². The fourth-order valence-corrected chi connectivity index (χ4v) is 3.58. The maximum absolute atomic E-state index is 12.7. The van der Waals surface area contributed by atoms with Crippen molar-refractivity contribution in [3.63, 3.8) is 0 Å². The summed E-state index contributed by atoms with van der Waals surface area (Å²) in [5, 5.41) is 14.7. The highest BCUT2D eigenvalue weighted by molar-refractivity contribution is 6.05. The molecule has 0 radical (unpaired) electrons. The molecule has 0 saturated heterocycles. The highest BCUT2D eigenvalue weighted by Gasteiger charge is 2.19. The van der Waals surface area contributed by atoms with E-state index in [1.807, 2.05) is 50.2 Å². The monoisotopic (exact) mass is 362 g/mol. The van der Waals surface area contributed by atoms with E-state index in [4.69, 9.17) is 4.74 Å². The van der Waals surface area contributed by atoms with Crippen LogP contribution in [0.1, 0.15) is 51.5 Å². The van der Waals surface area contributed by atoms with E-state index >= 15 is 0 Å². The summed E-state index contributed by atoms with van der Waals surface area (Å²) in [5.41, 5.74) is 0.891. The second-order valence-electron chi connectivity index (χ2n) is 7.34. The average molecular weight is 362 g/mol. The first-order chi connectivity index (χ1) is 13.1. The SMILES string of the molecule is CC(C)Oc1ccc2ccccc2c1/C=C(/C#N)C(=O)NC1CCCCC1. The van der Waals surface area contributed by atoms with Gasteiger partial charge in [-0.05, 0) is 49.6 Å². The van der Waals surface area contributed by atoms with Gasteiger partial charge in [-0.1, -0.05) is 49.6 Å². The molecule has 2 aromatic rings. The lowest BCUT2D eigenvalue weighted by atomic mass is 9.95. The van der Waals surface area contributed by atoms with Gasteiger partial charge in [0.15, 0.2) is 0 Å². The zero-order valence-electron chi connectivity index (χ0n) is 16.0. The quantitative estimate of drug-likeness (QED) is 0.602. The van der Waals surface area contributed by atoms with E-state index in [2.05, 4.69) is 11.4 Å². The summed E-state index contributed by atoms with van der Waals surface area (Å²) in [5.74, 6) is 0.384. The second kappa shape index (κ2) is 8.73. The first-order valence-corrected chi connectivity index (χ1v) is 9.69. The van der Waals surface area contributed by atoms with Crippen molar-refractivity contribution in [1.82, 2.24) is 5.32 Å². The zero-order valence-corrected chi connectivity index (χ0v) is 16.0. The molecule has 140 valence electrons. The number of ether oxygens (including phenoxy) is 1. The van der Waals surface area contributed by atoms with Crippen LogP contribution in [0.25, 0.3) is 16.8 Å². The number of benzene rings is 2. The molecule has 0 heterocycles. The predicted molar refractivity (Wildman–Crippen MR) is 108 cm³/mol. The van der Waals surface area contributed by atoms with Gasteiger partial charge in [0.1, 0.15) is 17.4 Å². The molecule has 2 aromatic carbocycles. The third-order valence-electron chi connectivity index (χ3n) is 4.89. The van der Waals surface area contributed by atoms with Gasteiger partial charge in [0.05, 0.1) is 6.10 Å². The minimum atomic E-state index is -0.298. The Morgan fingerprint density at radius 2 is 1.93 bits per heavy atom. The van der Waals surface area contributed by atoms with Gasteiger partial charge < -0.3 is 10.1 Å². The van der Waals surface area contributed by atoms with Crippen molar-refractivity contribution < 1.29 is 9.53 Å². The van der Waals surface area contributed by atoms with Crippen molar-refractivity contribution in [3.8, 4) is 11.8 Å². The van der Waals surface area contributed by atoms with Gasteiger partial charge in [0.2, 0.25) is 0 Å². The summed E-state index contributed by atoms with van der Waals surface area (Å²) in [6.45, 7) is 3.92. The van der Waals surface area contributed by atoms with Crippen LogP contribution in [0, 0.1) is 11.3 Å². The van der Waals surface area contributed by atoms with Crippen LogP contribution < -0.4 is 10.1 Å². The van der Waals surface area contributed by atoms with Crippen LogP contribution in [-0.4, -0.2) is 18.1 Å². The normalized spacial score (nSPS) is 15.6. The lowest BCUT2D eigenvalue weighted by molar-refractivity contribution is -0.117. The molecule has 0 bridgehead atoms. The molecule has 1 amide bonds. The number of nitrogens with one attached hydrogen (secondary N) is 1. The molecule has 1 aliphatic rings. The fraction of sp³-hybridized carbons (Fsp3) is 0.391. The lowest BCUT2D eigenvalue weighted by Crippen LogP contribution is -2.36. The number of carbonyl (C=O) groups excluding carboxylic acids is 1. The molecule has 1 fully saturated rings. The second-order valence-corrected chi connectivity index (χ2v) is 7.34. The molecule has 0 spiro atoms. The van der Waals surface area contributed by atoms with E-state index in [1.54, 1.807) is 6.08 Å². The summed E-state index contributed by atoms with van der Waals surface area (Å²) in [6, 6.07) is 14.1. The van der Waals surface area contributed by atoms with Crippen LogP contribution in [0.15, 0.2) is 42.0 Å². The summed E-state index contributed by atoms with van der Waals surface area (Å²) in [4.78, 5) is 12.7. The van der Waals surface area contributed by atoms with E-state index in [0.717, 1.165) is 42.0 Å². The zero-order chi connectivity index (χ0) is 19.2. The standard InChI is InChI=1S/C23H26N2O2/c1-16(2)27-22-13-12-17-8-6-7-11-20(17)21(22)14-18(15-24)23(26)25-19-9-4-3-5-10-19/h6-8,11-14,16,19H,3-5,9-10H2,1-2H3,(H,25,26)/b18-14-. The van der Waals surface area contributed by atoms with Crippen LogP contribution in [0.4, 0.5) is 0 Å². The van der Waals surface area contributed by atoms with E-state index in [9.17, 15) is 10.1 Å². The molecule has 0 aromatic heterocycles. The van der Waals surface area contributed by atoms with E-state index in [-0.39, 0.29) is 23.6 Å². The predicted octanol–water partition coefficient (Wildman–Crippen LogP) is 4.98. The third-order valence-corrected chi connectivity index (χ3v) is 4.89. The van der Waals surface area contributed by atoms with Crippen molar-refractivity contribution in [2.45, 2.75) is 58.1 Å². The van der Waals surface area contributed by atoms with E-state index in [1.165, 1.54) is 6.42 Å². The molecule has 1 aliphatic carbocycles. The smallest absolute Gasteiger partial charge is 0.262 e. The summed E-state index contributed by atoms with van der Waals surface area (Å²) < 4.78 is 5.94. The summed E-state index contributed by atoms with van der Waals surface area (Å²) >= 11 is 0. The number of nitriles is 1. The number of hydrogen-bond donors (Lipinski definition) is 1. The third kappa shape index (κ3) is 4.68. The van der Waals surface area contributed by atoms with Crippen molar-refractivity contribution in [1.29, 1.82) is 5.26 Å². The van der Waals surface area contributed by atoms with Gasteiger partial charge in [-0.15, -0.1) is 0 Å². The van der Waals surface area contributed by atoms with Crippen LogP contribution in [0.5, 0.6) is 5.75 Å². The Labute approximate surface area is 160 Å². The molecule has 1 N–H and O–H groups in total. The van der Waals surface area contributed by atoms with Crippen molar-refractivity contribution >= 4 is 22.8 Å². The number of carbonyl (C=O) groups is 1. The Balaban J connectivity index is 1.97. The molecular formula is C23H26N2O2. The summed E-state index contributed by atoms with van der Waals surface area (Å²) in [7, 11) is 0. The highest BCUT2D eigenvalue weighted by atomic mass is 16.5. The fourth-order valence-electron chi connectivity index (χ4n) is 3.58.